The fraction of sp³-hybridized carbons (Fsp3) is 0. The average molecular weight is 655 g/mol. The summed E-state index contributed by atoms with van der Waals surface area (Å²) in [7, 11) is 0. The van der Waals surface area contributed by atoms with Gasteiger partial charge in [0.2, 0.25) is 0 Å². The molecule has 51 heavy (non-hydrogen) atoms. The van der Waals surface area contributed by atoms with Gasteiger partial charge in [0.25, 0.3) is 0 Å². The van der Waals surface area contributed by atoms with Crippen molar-refractivity contribution in [3.05, 3.63) is 194 Å². The zero-order chi connectivity index (χ0) is 34.0. The first-order valence-corrected chi connectivity index (χ1v) is 17.2. The fourth-order valence-corrected chi connectivity index (χ4v) is 6.75. The lowest BCUT2D eigenvalue weighted by Crippen LogP contribution is -1.90. The first-order valence-electron chi connectivity index (χ1n) is 17.2. The zero-order valence-electron chi connectivity index (χ0n) is 27.9. The van der Waals surface area contributed by atoms with Crippen LogP contribution >= 0.6 is 0 Å². The van der Waals surface area contributed by atoms with Crippen LogP contribution in [0.4, 0.5) is 22.7 Å². The molecule has 0 radical (unpaired) electrons. The maximum Gasteiger partial charge on any atom is 0.158 e. The number of fused-ring (bicyclic) bond motifs is 3. The number of nitrogens with one attached hydrogen (secondary N) is 2. The lowest BCUT2D eigenvalue weighted by atomic mass is 9.99. The highest BCUT2D eigenvalue weighted by molar-refractivity contribution is 6.10. The van der Waals surface area contributed by atoms with E-state index in [9.17, 15) is 0 Å². The number of rotatable bonds is 8. The number of para-hydroxylation sites is 1. The lowest BCUT2D eigenvalue weighted by Gasteiger charge is -2.10. The molecular formula is C48H34N2O. The topological polar surface area (TPSA) is 37.2 Å². The van der Waals surface area contributed by atoms with Crippen LogP contribution < -0.4 is 10.6 Å². The van der Waals surface area contributed by atoms with Gasteiger partial charge in [-0.05, 0) is 99.1 Å². The first kappa shape index (κ1) is 30.2. The summed E-state index contributed by atoms with van der Waals surface area (Å²) in [5.74, 6) is 0. The molecule has 0 saturated carbocycles. The van der Waals surface area contributed by atoms with E-state index in [0.717, 1.165) is 55.8 Å². The monoisotopic (exact) mass is 654 g/mol. The largest absolute Gasteiger partial charge is 0.454 e. The van der Waals surface area contributed by atoms with Gasteiger partial charge in [-0.3, -0.25) is 0 Å². The summed E-state index contributed by atoms with van der Waals surface area (Å²) in [5, 5.41) is 9.31. The minimum Gasteiger partial charge on any atom is -0.454 e. The van der Waals surface area contributed by atoms with Crippen LogP contribution in [0.5, 0.6) is 0 Å². The van der Waals surface area contributed by atoms with Crippen LogP contribution in [0.15, 0.2) is 199 Å². The third-order valence-electron chi connectivity index (χ3n) is 9.49. The van der Waals surface area contributed by atoms with Gasteiger partial charge in [0.1, 0.15) is 5.58 Å². The van der Waals surface area contributed by atoms with Crippen LogP contribution in [0.25, 0.3) is 66.4 Å². The van der Waals surface area contributed by atoms with E-state index in [1.165, 1.54) is 33.4 Å². The highest BCUT2D eigenvalue weighted by Crippen LogP contribution is 2.37. The van der Waals surface area contributed by atoms with E-state index in [0.29, 0.717) is 0 Å². The molecule has 0 spiro atoms. The number of hydrogen-bond donors (Lipinski definition) is 2. The summed E-state index contributed by atoms with van der Waals surface area (Å²) >= 11 is 0. The molecule has 0 fully saturated rings. The van der Waals surface area contributed by atoms with E-state index >= 15 is 0 Å². The van der Waals surface area contributed by atoms with Crippen molar-refractivity contribution in [2.45, 2.75) is 0 Å². The Hall–Kier alpha value is -6.84. The molecule has 9 rings (SSSR count). The van der Waals surface area contributed by atoms with Gasteiger partial charge in [-0.25, -0.2) is 0 Å². The quantitative estimate of drug-likeness (QED) is 0.171. The molecule has 2 N–H and O–H groups in total. The minimum atomic E-state index is 0.856. The second-order valence-electron chi connectivity index (χ2n) is 12.8. The van der Waals surface area contributed by atoms with Gasteiger partial charge in [-0.2, -0.15) is 0 Å². The Morgan fingerprint density at radius 3 is 1.22 bits per heavy atom. The van der Waals surface area contributed by atoms with Crippen molar-refractivity contribution >= 4 is 44.7 Å². The molecule has 0 saturated heterocycles. The molecule has 1 aromatic heterocycles. The highest BCUT2D eigenvalue weighted by Gasteiger charge is 2.13. The number of benzene rings is 8. The summed E-state index contributed by atoms with van der Waals surface area (Å²) in [6.45, 7) is 0. The van der Waals surface area contributed by atoms with Crippen molar-refractivity contribution in [2.75, 3.05) is 10.6 Å². The molecule has 0 amide bonds. The zero-order valence-corrected chi connectivity index (χ0v) is 27.9. The molecule has 242 valence electrons. The number of furan rings is 1. The van der Waals surface area contributed by atoms with Crippen LogP contribution in [0.3, 0.4) is 0 Å². The predicted octanol–water partition coefficient (Wildman–Crippen LogP) is 13.7. The van der Waals surface area contributed by atoms with Crippen LogP contribution in [0, 0.1) is 0 Å². The molecule has 0 bridgehead atoms. The Bertz CT molecular complexity index is 2570. The lowest BCUT2D eigenvalue weighted by molar-refractivity contribution is 0.670. The van der Waals surface area contributed by atoms with Gasteiger partial charge in [-0.15, -0.1) is 0 Å². The Balaban J connectivity index is 0.902. The van der Waals surface area contributed by atoms with E-state index in [1.807, 2.05) is 12.1 Å². The van der Waals surface area contributed by atoms with Gasteiger partial charge < -0.3 is 15.1 Å². The molecule has 8 aromatic carbocycles. The number of anilines is 4. The third-order valence-corrected chi connectivity index (χ3v) is 9.49. The van der Waals surface area contributed by atoms with E-state index in [4.69, 9.17) is 4.42 Å². The van der Waals surface area contributed by atoms with Crippen molar-refractivity contribution in [1.82, 2.24) is 0 Å². The Morgan fingerprint density at radius 2 is 0.706 bits per heavy atom. The van der Waals surface area contributed by atoms with Crippen LogP contribution in [-0.2, 0) is 0 Å². The maximum absolute atomic E-state index is 6.52. The predicted molar refractivity (Wildman–Crippen MR) is 215 cm³/mol. The molecule has 1 heterocycles. The molecule has 0 unspecified atom stereocenters. The highest BCUT2D eigenvalue weighted by atomic mass is 16.3. The average Bonchev–Trinajstić information content (AvgIpc) is 3.59. The van der Waals surface area contributed by atoms with Crippen molar-refractivity contribution in [2.24, 2.45) is 0 Å². The molecule has 0 aliphatic heterocycles. The second kappa shape index (κ2) is 13.2. The normalized spacial score (nSPS) is 11.1. The Morgan fingerprint density at radius 1 is 0.294 bits per heavy atom. The molecule has 0 aliphatic rings. The summed E-state index contributed by atoms with van der Waals surface area (Å²) in [5.41, 5.74) is 15.3. The van der Waals surface area contributed by atoms with Crippen molar-refractivity contribution in [1.29, 1.82) is 0 Å². The Kier molecular flexibility index (Phi) is 7.84. The second-order valence-corrected chi connectivity index (χ2v) is 12.8. The molecule has 0 aliphatic carbocycles. The van der Waals surface area contributed by atoms with Gasteiger partial charge in [0, 0.05) is 27.8 Å². The minimum absolute atomic E-state index is 0.856. The van der Waals surface area contributed by atoms with Crippen LogP contribution in [-0.4, -0.2) is 0 Å². The van der Waals surface area contributed by atoms with Gasteiger partial charge in [-0.1, -0.05) is 140 Å². The molecule has 3 heteroatoms. The maximum atomic E-state index is 6.52. The van der Waals surface area contributed by atoms with Crippen molar-refractivity contribution in [3.8, 4) is 44.5 Å². The standard InChI is InChI=1S/C48H34N2O/c1-3-8-33(9-4-1)36-18-25-41(26-19-36)49-42-27-20-38(21-28-42)35-14-16-39(17-15-35)40-24-31-44-45-12-7-13-46(48(45)51-47(44)32-40)50-43-29-22-37(23-30-43)34-10-5-2-6-11-34/h1-32,49-50H. The SMILES string of the molecule is c1ccc(-c2ccc(Nc3ccc(-c4ccc(-c5ccc6c(c5)oc5c(Nc7ccc(-c8ccccc8)cc7)cccc56)cc4)cc3)cc2)cc1. The van der Waals surface area contributed by atoms with Gasteiger partial charge in [0.05, 0.1) is 5.69 Å². The van der Waals surface area contributed by atoms with E-state index in [1.54, 1.807) is 0 Å². The van der Waals surface area contributed by atoms with Crippen LogP contribution in [0.2, 0.25) is 0 Å². The van der Waals surface area contributed by atoms with E-state index in [2.05, 4.69) is 193 Å². The molecule has 0 atom stereocenters. The molecular weight excluding hydrogens is 621 g/mol. The number of hydrogen-bond acceptors (Lipinski definition) is 3. The van der Waals surface area contributed by atoms with Crippen LogP contribution in [0.1, 0.15) is 0 Å². The fourth-order valence-electron chi connectivity index (χ4n) is 6.75. The van der Waals surface area contributed by atoms with Gasteiger partial charge in [0.15, 0.2) is 5.58 Å². The van der Waals surface area contributed by atoms with Gasteiger partial charge >= 0.3 is 0 Å². The summed E-state index contributed by atoms with van der Waals surface area (Å²) in [6.07, 6.45) is 0. The van der Waals surface area contributed by atoms with E-state index < -0.39 is 0 Å². The Labute approximate surface area is 297 Å². The smallest absolute Gasteiger partial charge is 0.158 e. The van der Waals surface area contributed by atoms with E-state index in [-0.39, 0.29) is 0 Å². The summed E-state index contributed by atoms with van der Waals surface area (Å²) in [6, 6.07) is 68.1. The van der Waals surface area contributed by atoms with Crippen molar-refractivity contribution in [3.63, 3.8) is 0 Å². The molecule has 3 nitrogen and oxygen atoms in total. The summed E-state index contributed by atoms with van der Waals surface area (Å²) in [4.78, 5) is 0. The summed E-state index contributed by atoms with van der Waals surface area (Å²) < 4.78 is 6.52. The molecule has 9 aromatic rings. The third kappa shape index (κ3) is 6.25. The van der Waals surface area contributed by atoms with Crippen molar-refractivity contribution < 1.29 is 4.42 Å². The first-order chi connectivity index (χ1) is 25.2.